The lowest BCUT2D eigenvalue weighted by Gasteiger charge is -1.99. The van der Waals surface area contributed by atoms with Crippen molar-refractivity contribution in [3.05, 3.63) is 80.2 Å². The molecule has 1 heterocycles. The first-order valence-electron chi connectivity index (χ1n) is 7.88. The van der Waals surface area contributed by atoms with E-state index in [2.05, 4.69) is 10.3 Å². The number of amides is 1. The quantitative estimate of drug-likeness (QED) is 0.357. The predicted molar refractivity (Wildman–Crippen MR) is 108 cm³/mol. The third-order valence-corrected chi connectivity index (χ3v) is 4.75. The molecule has 0 atom stereocenters. The summed E-state index contributed by atoms with van der Waals surface area (Å²) in [4.78, 5) is 26.8. The fourth-order valence-electron chi connectivity index (χ4n) is 2.28. The number of halogens is 1. The molecule has 3 aromatic rings. The molecule has 1 aromatic heterocycles. The topological polar surface area (TPSA) is 85.1 Å². The van der Waals surface area contributed by atoms with Crippen LogP contribution in [0.5, 0.6) is 0 Å². The molecule has 8 heteroatoms. The summed E-state index contributed by atoms with van der Waals surface area (Å²) >= 11 is 7.09. The van der Waals surface area contributed by atoms with Crippen LogP contribution in [0.15, 0.2) is 53.9 Å². The Morgan fingerprint density at radius 1 is 1.26 bits per heavy atom. The van der Waals surface area contributed by atoms with E-state index in [4.69, 9.17) is 11.6 Å². The first kappa shape index (κ1) is 18.8. The van der Waals surface area contributed by atoms with Gasteiger partial charge in [0, 0.05) is 23.1 Å². The average Bonchev–Trinajstić information content (AvgIpc) is 3.09. The summed E-state index contributed by atoms with van der Waals surface area (Å²) in [6.07, 6.45) is 2.77. The fourth-order valence-corrected chi connectivity index (χ4v) is 3.19. The van der Waals surface area contributed by atoms with Gasteiger partial charge in [-0.1, -0.05) is 47.5 Å². The highest BCUT2D eigenvalue weighted by Gasteiger charge is 2.12. The molecule has 0 spiro atoms. The van der Waals surface area contributed by atoms with Gasteiger partial charge in [-0.2, -0.15) is 0 Å². The van der Waals surface area contributed by atoms with Crippen molar-refractivity contribution in [3.63, 3.8) is 0 Å². The zero-order chi connectivity index (χ0) is 19.4. The highest BCUT2D eigenvalue weighted by molar-refractivity contribution is 7.14. The molecule has 6 nitrogen and oxygen atoms in total. The van der Waals surface area contributed by atoms with Gasteiger partial charge in [0.15, 0.2) is 5.13 Å². The number of nitrogens with one attached hydrogen (secondary N) is 1. The maximum Gasteiger partial charge on any atom is 0.288 e. The molecule has 136 valence electrons. The van der Waals surface area contributed by atoms with Crippen LogP contribution < -0.4 is 5.32 Å². The zero-order valence-corrected chi connectivity index (χ0v) is 15.8. The molecule has 0 fully saturated rings. The van der Waals surface area contributed by atoms with Crippen LogP contribution in [0.25, 0.3) is 17.3 Å². The second kappa shape index (κ2) is 8.11. The SMILES string of the molecule is Cc1ccc(-c2csc(NC(=O)/C=C/c3ccc(Cl)c([N+](=O)[O-])c3)n2)cc1. The average molecular weight is 400 g/mol. The van der Waals surface area contributed by atoms with Crippen LogP contribution in [0, 0.1) is 17.0 Å². The van der Waals surface area contributed by atoms with E-state index in [0.29, 0.717) is 10.7 Å². The summed E-state index contributed by atoms with van der Waals surface area (Å²) in [7, 11) is 0. The molecule has 1 N–H and O–H groups in total. The van der Waals surface area contributed by atoms with Gasteiger partial charge in [-0.05, 0) is 24.6 Å². The molecule has 0 unspecified atom stereocenters. The molecule has 27 heavy (non-hydrogen) atoms. The molecule has 0 saturated carbocycles. The lowest BCUT2D eigenvalue weighted by molar-refractivity contribution is -0.384. The van der Waals surface area contributed by atoms with Gasteiger partial charge in [-0.15, -0.1) is 11.3 Å². The van der Waals surface area contributed by atoms with Crippen LogP contribution in [0.1, 0.15) is 11.1 Å². The predicted octanol–water partition coefficient (Wildman–Crippen LogP) is 5.33. The number of anilines is 1. The molecule has 0 aliphatic heterocycles. The van der Waals surface area contributed by atoms with Crippen molar-refractivity contribution < 1.29 is 9.72 Å². The summed E-state index contributed by atoms with van der Waals surface area (Å²) < 4.78 is 0. The Hall–Kier alpha value is -3.03. The number of aromatic nitrogens is 1. The van der Waals surface area contributed by atoms with Crippen LogP contribution in [0.2, 0.25) is 5.02 Å². The van der Waals surface area contributed by atoms with Crippen molar-refractivity contribution in [1.29, 1.82) is 0 Å². The van der Waals surface area contributed by atoms with Gasteiger partial charge in [0.2, 0.25) is 5.91 Å². The first-order valence-corrected chi connectivity index (χ1v) is 9.14. The monoisotopic (exact) mass is 399 g/mol. The molecule has 0 aliphatic rings. The molecular formula is C19H14ClN3O3S. The van der Waals surface area contributed by atoms with E-state index < -0.39 is 4.92 Å². The number of hydrogen-bond donors (Lipinski definition) is 1. The van der Waals surface area contributed by atoms with Gasteiger partial charge in [0.05, 0.1) is 10.6 Å². The summed E-state index contributed by atoms with van der Waals surface area (Å²) in [5.74, 6) is -0.377. The van der Waals surface area contributed by atoms with Crippen LogP contribution in [0.3, 0.4) is 0 Å². The molecule has 1 amide bonds. The van der Waals surface area contributed by atoms with E-state index in [0.717, 1.165) is 16.8 Å². The summed E-state index contributed by atoms with van der Waals surface area (Å²) in [6.45, 7) is 2.01. The second-order valence-corrected chi connectivity index (χ2v) is 6.96. The fraction of sp³-hybridized carbons (Fsp3) is 0.0526. The van der Waals surface area contributed by atoms with E-state index in [1.165, 1.54) is 35.6 Å². The highest BCUT2D eigenvalue weighted by Crippen LogP contribution is 2.26. The Kier molecular flexibility index (Phi) is 5.63. The number of nitro benzene ring substituents is 1. The summed E-state index contributed by atoms with van der Waals surface area (Å²) in [5.41, 5.74) is 3.21. The normalized spacial score (nSPS) is 10.9. The number of thiazole rings is 1. The van der Waals surface area contributed by atoms with Gasteiger partial charge >= 0.3 is 0 Å². The van der Waals surface area contributed by atoms with Crippen LogP contribution in [-0.2, 0) is 4.79 Å². The van der Waals surface area contributed by atoms with Gasteiger partial charge < -0.3 is 0 Å². The molecule has 0 aliphatic carbocycles. The largest absolute Gasteiger partial charge is 0.298 e. The number of carbonyl (C=O) groups excluding carboxylic acids is 1. The first-order chi connectivity index (χ1) is 12.9. The number of nitro groups is 1. The third kappa shape index (κ3) is 4.78. The molecule has 0 radical (unpaired) electrons. The van der Waals surface area contributed by atoms with Crippen LogP contribution >= 0.6 is 22.9 Å². The molecular weight excluding hydrogens is 386 g/mol. The van der Waals surface area contributed by atoms with Crippen molar-refractivity contribution in [2.45, 2.75) is 6.92 Å². The Labute approximate surface area is 164 Å². The van der Waals surface area contributed by atoms with Crippen molar-refractivity contribution in [3.8, 4) is 11.3 Å². The van der Waals surface area contributed by atoms with E-state index >= 15 is 0 Å². The number of rotatable bonds is 5. The number of carbonyl (C=O) groups is 1. The summed E-state index contributed by atoms with van der Waals surface area (Å²) in [6, 6.07) is 12.3. The second-order valence-electron chi connectivity index (χ2n) is 5.69. The lowest BCUT2D eigenvalue weighted by Crippen LogP contribution is -2.07. The van der Waals surface area contributed by atoms with Crippen molar-refractivity contribution in [2.24, 2.45) is 0 Å². The number of nitrogens with zero attached hydrogens (tertiary/aromatic N) is 2. The van der Waals surface area contributed by atoms with E-state index in [1.54, 1.807) is 6.07 Å². The van der Waals surface area contributed by atoms with Gasteiger partial charge in [-0.3, -0.25) is 20.2 Å². The number of hydrogen-bond acceptors (Lipinski definition) is 5. The third-order valence-electron chi connectivity index (χ3n) is 3.68. The van der Waals surface area contributed by atoms with E-state index in [1.807, 2.05) is 36.6 Å². The molecule has 0 bridgehead atoms. The number of benzene rings is 2. The zero-order valence-electron chi connectivity index (χ0n) is 14.2. The highest BCUT2D eigenvalue weighted by atomic mass is 35.5. The molecule has 2 aromatic carbocycles. The minimum absolute atomic E-state index is 0.0491. The smallest absolute Gasteiger partial charge is 0.288 e. The van der Waals surface area contributed by atoms with Gasteiger partial charge in [-0.25, -0.2) is 4.98 Å². The maximum absolute atomic E-state index is 12.1. The minimum atomic E-state index is -0.568. The maximum atomic E-state index is 12.1. The number of aryl methyl sites for hydroxylation is 1. The minimum Gasteiger partial charge on any atom is -0.298 e. The molecule has 0 saturated heterocycles. The van der Waals surface area contributed by atoms with Crippen LogP contribution in [-0.4, -0.2) is 15.8 Å². The van der Waals surface area contributed by atoms with Crippen LogP contribution in [0.4, 0.5) is 10.8 Å². The Bertz CT molecular complexity index is 1030. The van der Waals surface area contributed by atoms with E-state index in [-0.39, 0.29) is 16.6 Å². The Morgan fingerprint density at radius 2 is 2.00 bits per heavy atom. The lowest BCUT2D eigenvalue weighted by atomic mass is 10.1. The van der Waals surface area contributed by atoms with Gasteiger partial charge in [0.25, 0.3) is 5.69 Å². The van der Waals surface area contributed by atoms with Crippen molar-refractivity contribution >= 4 is 45.7 Å². The summed E-state index contributed by atoms with van der Waals surface area (Å²) in [5, 5.41) is 16.0. The van der Waals surface area contributed by atoms with E-state index in [9.17, 15) is 14.9 Å². The van der Waals surface area contributed by atoms with Gasteiger partial charge in [0.1, 0.15) is 5.02 Å². The van der Waals surface area contributed by atoms with Crippen molar-refractivity contribution in [1.82, 2.24) is 4.98 Å². The Morgan fingerprint density at radius 3 is 2.70 bits per heavy atom. The molecule has 3 rings (SSSR count). The standard InChI is InChI=1S/C19H14ClN3O3S/c1-12-2-6-14(7-3-12)16-11-27-19(21-16)22-18(24)9-5-13-4-8-15(20)17(10-13)23(25)26/h2-11H,1H3,(H,21,22,24)/b9-5+. The Balaban J connectivity index is 1.68. The van der Waals surface area contributed by atoms with Crippen molar-refractivity contribution in [2.75, 3.05) is 5.32 Å².